The third-order valence-electron chi connectivity index (χ3n) is 5.99. The molecule has 1 saturated heterocycles. The van der Waals surface area contributed by atoms with Crippen molar-refractivity contribution in [3.63, 3.8) is 0 Å². The van der Waals surface area contributed by atoms with Gasteiger partial charge in [-0.05, 0) is 77.5 Å². The van der Waals surface area contributed by atoms with Crippen LogP contribution in [0.25, 0.3) is 0 Å². The zero-order chi connectivity index (χ0) is 14.5. The van der Waals surface area contributed by atoms with Crippen molar-refractivity contribution in [2.75, 3.05) is 33.3 Å². The zero-order valence-electron chi connectivity index (χ0n) is 13.6. The second kappa shape index (κ2) is 7.24. The van der Waals surface area contributed by atoms with Crippen LogP contribution in [0.3, 0.4) is 0 Å². The number of rotatable bonds is 7. The molecule has 0 aromatic carbocycles. The van der Waals surface area contributed by atoms with Gasteiger partial charge in [-0.3, -0.25) is 0 Å². The lowest BCUT2D eigenvalue weighted by Gasteiger charge is -2.39. The molecule has 2 aliphatic rings. The van der Waals surface area contributed by atoms with Crippen LogP contribution in [-0.4, -0.2) is 48.8 Å². The number of nitrogens with zero attached hydrogens (tertiary/aromatic N) is 1. The van der Waals surface area contributed by atoms with Gasteiger partial charge in [-0.1, -0.05) is 19.3 Å². The molecule has 1 heterocycles. The van der Waals surface area contributed by atoms with E-state index in [2.05, 4.69) is 17.1 Å². The van der Waals surface area contributed by atoms with E-state index in [4.69, 9.17) is 0 Å². The van der Waals surface area contributed by atoms with E-state index < -0.39 is 0 Å². The lowest BCUT2D eigenvalue weighted by atomic mass is 9.77. The number of aliphatic hydroxyl groups is 1. The largest absolute Gasteiger partial charge is 0.394 e. The SMILES string of the molecule is CNC(C)(CO)CCCCN1CCC2(CCCC2)CC1. The van der Waals surface area contributed by atoms with Crippen molar-refractivity contribution in [1.82, 2.24) is 10.2 Å². The van der Waals surface area contributed by atoms with Crippen LogP contribution in [0.5, 0.6) is 0 Å². The van der Waals surface area contributed by atoms with E-state index in [1.807, 2.05) is 7.05 Å². The molecule has 2 fully saturated rings. The average Bonchev–Trinajstić information content (AvgIpc) is 2.94. The van der Waals surface area contributed by atoms with Crippen molar-refractivity contribution >= 4 is 0 Å². The van der Waals surface area contributed by atoms with Gasteiger partial charge in [-0.25, -0.2) is 0 Å². The van der Waals surface area contributed by atoms with Gasteiger partial charge in [-0.2, -0.15) is 0 Å². The fraction of sp³-hybridized carbons (Fsp3) is 1.00. The summed E-state index contributed by atoms with van der Waals surface area (Å²) in [7, 11) is 1.95. The summed E-state index contributed by atoms with van der Waals surface area (Å²) in [5, 5.41) is 12.6. The highest BCUT2D eigenvalue weighted by Crippen LogP contribution is 2.46. The van der Waals surface area contributed by atoms with Gasteiger partial charge in [0, 0.05) is 5.54 Å². The molecule has 1 unspecified atom stereocenters. The monoisotopic (exact) mass is 282 g/mol. The minimum Gasteiger partial charge on any atom is -0.394 e. The van der Waals surface area contributed by atoms with Gasteiger partial charge in [0.25, 0.3) is 0 Å². The summed E-state index contributed by atoms with van der Waals surface area (Å²) in [4.78, 5) is 2.67. The summed E-state index contributed by atoms with van der Waals surface area (Å²) < 4.78 is 0. The number of hydrogen-bond acceptors (Lipinski definition) is 3. The van der Waals surface area contributed by atoms with Crippen molar-refractivity contribution < 1.29 is 5.11 Å². The average molecular weight is 282 g/mol. The minimum absolute atomic E-state index is 0.0875. The number of likely N-dealkylation sites (N-methyl/N-ethyl adjacent to an activating group) is 1. The van der Waals surface area contributed by atoms with Crippen molar-refractivity contribution in [2.45, 2.75) is 70.3 Å². The van der Waals surface area contributed by atoms with Gasteiger partial charge in [0.2, 0.25) is 0 Å². The summed E-state index contributed by atoms with van der Waals surface area (Å²) in [6.07, 6.45) is 12.4. The Bertz CT molecular complexity index is 273. The first-order valence-electron chi connectivity index (χ1n) is 8.64. The summed E-state index contributed by atoms with van der Waals surface area (Å²) >= 11 is 0. The summed E-state index contributed by atoms with van der Waals surface area (Å²) in [6, 6.07) is 0. The Morgan fingerprint density at radius 2 is 1.75 bits per heavy atom. The van der Waals surface area contributed by atoms with Gasteiger partial charge >= 0.3 is 0 Å². The molecule has 1 spiro atoms. The highest BCUT2D eigenvalue weighted by Gasteiger charge is 2.36. The van der Waals surface area contributed by atoms with Crippen LogP contribution in [0.15, 0.2) is 0 Å². The van der Waals surface area contributed by atoms with Crippen molar-refractivity contribution in [3.05, 3.63) is 0 Å². The predicted molar refractivity (Wildman–Crippen MR) is 85.0 cm³/mol. The summed E-state index contributed by atoms with van der Waals surface area (Å²) in [5.41, 5.74) is 0.661. The van der Waals surface area contributed by atoms with Crippen LogP contribution in [-0.2, 0) is 0 Å². The van der Waals surface area contributed by atoms with Crippen LogP contribution < -0.4 is 5.32 Å². The molecule has 2 rings (SSSR count). The fourth-order valence-electron chi connectivity index (χ4n) is 4.01. The van der Waals surface area contributed by atoms with Gasteiger partial charge in [0.05, 0.1) is 6.61 Å². The fourth-order valence-corrected chi connectivity index (χ4v) is 4.01. The van der Waals surface area contributed by atoms with Crippen molar-refractivity contribution in [2.24, 2.45) is 5.41 Å². The van der Waals surface area contributed by atoms with E-state index in [1.165, 1.54) is 71.0 Å². The van der Waals surface area contributed by atoms with Gasteiger partial charge in [0.1, 0.15) is 0 Å². The minimum atomic E-state index is -0.0875. The smallest absolute Gasteiger partial charge is 0.0610 e. The standard InChI is InChI=1S/C17H34N2O/c1-16(15-20,18-2)7-5-6-12-19-13-10-17(11-14-19)8-3-4-9-17/h18,20H,3-15H2,1-2H3. The van der Waals surface area contributed by atoms with Crippen LogP contribution >= 0.6 is 0 Å². The molecule has 1 aliphatic carbocycles. The number of likely N-dealkylation sites (tertiary alicyclic amines) is 1. The topological polar surface area (TPSA) is 35.5 Å². The number of aliphatic hydroxyl groups excluding tert-OH is 1. The molecule has 20 heavy (non-hydrogen) atoms. The maximum Gasteiger partial charge on any atom is 0.0610 e. The predicted octanol–water partition coefficient (Wildman–Crippen LogP) is 2.78. The molecule has 0 radical (unpaired) electrons. The Kier molecular flexibility index (Phi) is 5.88. The molecule has 3 heteroatoms. The second-order valence-electron chi connectivity index (χ2n) is 7.47. The van der Waals surface area contributed by atoms with E-state index in [0.717, 1.165) is 11.8 Å². The third kappa shape index (κ3) is 4.19. The lowest BCUT2D eigenvalue weighted by molar-refractivity contribution is 0.105. The van der Waals surface area contributed by atoms with E-state index >= 15 is 0 Å². The molecular formula is C17H34N2O. The quantitative estimate of drug-likeness (QED) is 0.705. The van der Waals surface area contributed by atoms with Crippen LogP contribution in [0.1, 0.15) is 64.7 Å². The summed E-state index contributed by atoms with van der Waals surface area (Å²) in [6.45, 7) is 6.24. The molecule has 0 bridgehead atoms. The Hall–Kier alpha value is -0.120. The molecule has 1 atom stereocenters. The first kappa shape index (κ1) is 16.3. The van der Waals surface area contributed by atoms with Gasteiger partial charge in [-0.15, -0.1) is 0 Å². The molecule has 3 nitrogen and oxygen atoms in total. The Balaban J connectivity index is 1.59. The van der Waals surface area contributed by atoms with Gasteiger partial charge < -0.3 is 15.3 Å². The highest BCUT2D eigenvalue weighted by atomic mass is 16.3. The maximum absolute atomic E-state index is 9.38. The molecule has 118 valence electrons. The molecule has 1 aliphatic heterocycles. The zero-order valence-corrected chi connectivity index (χ0v) is 13.6. The highest BCUT2D eigenvalue weighted by molar-refractivity contribution is 4.89. The number of nitrogens with one attached hydrogen (secondary N) is 1. The number of piperidine rings is 1. The van der Waals surface area contributed by atoms with Crippen molar-refractivity contribution in [1.29, 1.82) is 0 Å². The van der Waals surface area contributed by atoms with Gasteiger partial charge in [0.15, 0.2) is 0 Å². The molecule has 0 aromatic rings. The molecule has 0 aromatic heterocycles. The van der Waals surface area contributed by atoms with Crippen LogP contribution in [0, 0.1) is 5.41 Å². The normalized spacial score (nSPS) is 25.9. The van der Waals surface area contributed by atoms with E-state index in [-0.39, 0.29) is 12.1 Å². The van der Waals surface area contributed by atoms with Crippen molar-refractivity contribution in [3.8, 4) is 0 Å². The Morgan fingerprint density at radius 3 is 2.30 bits per heavy atom. The molecule has 0 amide bonds. The first-order chi connectivity index (χ1) is 9.61. The van der Waals surface area contributed by atoms with Crippen LogP contribution in [0.4, 0.5) is 0 Å². The number of hydrogen-bond donors (Lipinski definition) is 2. The molecular weight excluding hydrogens is 248 g/mol. The Morgan fingerprint density at radius 1 is 1.10 bits per heavy atom. The van der Waals surface area contributed by atoms with E-state index in [1.54, 1.807) is 0 Å². The molecule has 1 saturated carbocycles. The lowest BCUT2D eigenvalue weighted by Crippen LogP contribution is -2.43. The maximum atomic E-state index is 9.38. The van der Waals surface area contributed by atoms with Crippen LogP contribution in [0.2, 0.25) is 0 Å². The van der Waals surface area contributed by atoms with E-state index in [9.17, 15) is 5.11 Å². The molecule has 2 N–H and O–H groups in total. The first-order valence-corrected chi connectivity index (χ1v) is 8.64. The van der Waals surface area contributed by atoms with E-state index in [0.29, 0.717) is 0 Å². The number of unbranched alkanes of at least 4 members (excludes halogenated alkanes) is 1. The second-order valence-corrected chi connectivity index (χ2v) is 7.47. The Labute approximate surface area is 125 Å². The summed E-state index contributed by atoms with van der Waals surface area (Å²) in [5.74, 6) is 0. The third-order valence-corrected chi connectivity index (χ3v) is 5.99.